The van der Waals surface area contributed by atoms with Crippen LogP contribution in [0.4, 0.5) is 13.2 Å². The standard InChI is InChI=1S/C14H17ClF3NO2/c15-11-5-9-1-4-21-13(9)10(6-11)7-12(19)2-3-20-8-14(16,17)18/h5-6,12H,1-4,7-8,19H2. The van der Waals surface area contributed by atoms with Crippen molar-refractivity contribution in [3.05, 3.63) is 28.3 Å². The fourth-order valence-electron chi connectivity index (χ4n) is 2.30. The van der Waals surface area contributed by atoms with Crippen molar-refractivity contribution in [2.24, 2.45) is 5.73 Å². The Morgan fingerprint density at radius 3 is 2.86 bits per heavy atom. The topological polar surface area (TPSA) is 44.5 Å². The molecule has 1 aromatic carbocycles. The van der Waals surface area contributed by atoms with Crippen LogP contribution in [0.3, 0.4) is 0 Å². The second kappa shape index (κ2) is 6.85. The van der Waals surface area contributed by atoms with Crippen molar-refractivity contribution >= 4 is 11.6 Å². The van der Waals surface area contributed by atoms with Gasteiger partial charge in [0.2, 0.25) is 0 Å². The van der Waals surface area contributed by atoms with Gasteiger partial charge >= 0.3 is 6.18 Å². The lowest BCUT2D eigenvalue weighted by molar-refractivity contribution is -0.174. The first-order chi connectivity index (χ1) is 9.85. The van der Waals surface area contributed by atoms with Crippen LogP contribution in [-0.4, -0.2) is 32.0 Å². The number of hydrogen-bond acceptors (Lipinski definition) is 3. The maximum absolute atomic E-state index is 11.9. The van der Waals surface area contributed by atoms with Crippen molar-refractivity contribution in [2.45, 2.75) is 31.5 Å². The number of alkyl halides is 3. The predicted molar refractivity (Wildman–Crippen MR) is 73.8 cm³/mol. The zero-order valence-electron chi connectivity index (χ0n) is 11.4. The molecule has 0 saturated heterocycles. The summed E-state index contributed by atoms with van der Waals surface area (Å²) in [5.41, 5.74) is 7.89. The third-order valence-electron chi connectivity index (χ3n) is 3.21. The van der Waals surface area contributed by atoms with Gasteiger partial charge in [-0.25, -0.2) is 0 Å². The van der Waals surface area contributed by atoms with Crippen LogP contribution in [0, 0.1) is 0 Å². The summed E-state index contributed by atoms with van der Waals surface area (Å²) in [6.07, 6.45) is -2.64. The van der Waals surface area contributed by atoms with Crippen molar-refractivity contribution in [3.8, 4) is 5.75 Å². The number of hydrogen-bond donors (Lipinski definition) is 1. The summed E-state index contributed by atoms with van der Waals surface area (Å²) >= 11 is 6.04. The molecule has 7 heteroatoms. The van der Waals surface area contributed by atoms with Crippen LogP contribution in [0.2, 0.25) is 5.02 Å². The highest BCUT2D eigenvalue weighted by Crippen LogP contribution is 2.33. The van der Waals surface area contributed by atoms with E-state index < -0.39 is 12.8 Å². The highest BCUT2D eigenvalue weighted by Gasteiger charge is 2.27. The highest BCUT2D eigenvalue weighted by molar-refractivity contribution is 6.30. The summed E-state index contributed by atoms with van der Waals surface area (Å²) < 4.78 is 45.9. The van der Waals surface area contributed by atoms with Gasteiger partial charge in [0, 0.05) is 24.1 Å². The van der Waals surface area contributed by atoms with E-state index in [1.54, 1.807) is 6.07 Å². The van der Waals surface area contributed by atoms with Crippen LogP contribution in [0.15, 0.2) is 12.1 Å². The molecular formula is C14H17ClF3NO2. The van der Waals surface area contributed by atoms with Crippen molar-refractivity contribution in [1.82, 2.24) is 0 Å². The van der Waals surface area contributed by atoms with Gasteiger partial charge in [0.25, 0.3) is 0 Å². The first-order valence-corrected chi connectivity index (χ1v) is 7.07. The Bertz CT molecular complexity index is 494. The summed E-state index contributed by atoms with van der Waals surface area (Å²) in [7, 11) is 0. The highest BCUT2D eigenvalue weighted by atomic mass is 35.5. The molecule has 0 bridgehead atoms. The van der Waals surface area contributed by atoms with Crippen molar-refractivity contribution in [1.29, 1.82) is 0 Å². The molecule has 0 fully saturated rings. The SMILES string of the molecule is NC(CCOCC(F)(F)F)Cc1cc(Cl)cc2c1OCC2. The predicted octanol–water partition coefficient (Wildman–Crippen LogP) is 3.11. The van der Waals surface area contributed by atoms with Crippen LogP contribution in [0.5, 0.6) is 5.75 Å². The second-order valence-corrected chi connectivity index (χ2v) is 5.51. The molecule has 1 aromatic rings. The lowest BCUT2D eigenvalue weighted by Gasteiger charge is -2.15. The van der Waals surface area contributed by atoms with Gasteiger partial charge < -0.3 is 15.2 Å². The number of fused-ring (bicyclic) bond motifs is 1. The zero-order valence-corrected chi connectivity index (χ0v) is 12.1. The van der Waals surface area contributed by atoms with E-state index >= 15 is 0 Å². The Hall–Kier alpha value is -0.980. The summed E-state index contributed by atoms with van der Waals surface area (Å²) in [5.74, 6) is 0.811. The zero-order chi connectivity index (χ0) is 15.5. The van der Waals surface area contributed by atoms with E-state index in [0.29, 0.717) is 24.5 Å². The molecular weight excluding hydrogens is 307 g/mol. The first-order valence-electron chi connectivity index (χ1n) is 6.69. The maximum Gasteiger partial charge on any atom is 0.411 e. The van der Waals surface area contributed by atoms with Gasteiger partial charge in [-0.2, -0.15) is 13.2 Å². The molecule has 1 heterocycles. The Labute approximate surface area is 126 Å². The van der Waals surface area contributed by atoms with Gasteiger partial charge in [-0.15, -0.1) is 0 Å². The van der Waals surface area contributed by atoms with E-state index in [9.17, 15) is 13.2 Å². The van der Waals surface area contributed by atoms with Crippen LogP contribution >= 0.6 is 11.6 Å². The van der Waals surface area contributed by atoms with Crippen molar-refractivity contribution in [3.63, 3.8) is 0 Å². The van der Waals surface area contributed by atoms with Crippen LogP contribution in [0.25, 0.3) is 0 Å². The van der Waals surface area contributed by atoms with Gasteiger partial charge in [-0.05, 0) is 36.1 Å². The van der Waals surface area contributed by atoms with E-state index in [0.717, 1.165) is 23.3 Å². The Morgan fingerprint density at radius 1 is 1.38 bits per heavy atom. The van der Waals surface area contributed by atoms with Gasteiger partial charge in [0.1, 0.15) is 12.4 Å². The van der Waals surface area contributed by atoms with E-state index in [-0.39, 0.29) is 12.6 Å². The Morgan fingerprint density at radius 2 is 2.14 bits per heavy atom. The number of halogens is 4. The average molecular weight is 324 g/mol. The average Bonchev–Trinajstić information content (AvgIpc) is 2.81. The molecule has 3 nitrogen and oxygen atoms in total. The number of ether oxygens (including phenoxy) is 2. The largest absolute Gasteiger partial charge is 0.493 e. The molecule has 0 aromatic heterocycles. The number of rotatable bonds is 6. The molecule has 0 radical (unpaired) electrons. The van der Waals surface area contributed by atoms with Gasteiger partial charge in [-0.3, -0.25) is 0 Å². The molecule has 21 heavy (non-hydrogen) atoms. The van der Waals surface area contributed by atoms with E-state index in [1.165, 1.54) is 0 Å². The lowest BCUT2D eigenvalue weighted by atomic mass is 10.0. The normalized spacial score (nSPS) is 15.7. The second-order valence-electron chi connectivity index (χ2n) is 5.07. The Balaban J connectivity index is 1.85. The number of nitrogens with two attached hydrogens (primary N) is 1. The van der Waals surface area contributed by atoms with E-state index in [4.69, 9.17) is 22.1 Å². The molecule has 1 aliphatic rings. The molecule has 0 saturated carbocycles. The van der Waals surface area contributed by atoms with E-state index in [1.807, 2.05) is 6.07 Å². The fourth-order valence-corrected chi connectivity index (χ4v) is 2.57. The fraction of sp³-hybridized carbons (Fsp3) is 0.571. The monoisotopic (exact) mass is 323 g/mol. The minimum atomic E-state index is -4.30. The molecule has 118 valence electrons. The Kier molecular flexibility index (Phi) is 5.35. The minimum Gasteiger partial charge on any atom is -0.493 e. The number of benzene rings is 1. The third-order valence-corrected chi connectivity index (χ3v) is 3.42. The molecule has 1 unspecified atom stereocenters. The van der Waals surface area contributed by atoms with Crippen LogP contribution in [0.1, 0.15) is 17.5 Å². The van der Waals surface area contributed by atoms with Crippen LogP contribution in [-0.2, 0) is 17.6 Å². The van der Waals surface area contributed by atoms with E-state index in [2.05, 4.69) is 4.74 Å². The molecule has 2 N–H and O–H groups in total. The quantitative estimate of drug-likeness (QED) is 0.818. The van der Waals surface area contributed by atoms with Crippen molar-refractivity contribution in [2.75, 3.05) is 19.8 Å². The molecule has 2 rings (SSSR count). The summed E-state index contributed by atoms with van der Waals surface area (Å²) in [5, 5.41) is 0.620. The minimum absolute atomic E-state index is 0.0235. The van der Waals surface area contributed by atoms with Gasteiger partial charge in [0.05, 0.1) is 6.61 Å². The molecule has 0 amide bonds. The molecule has 1 aliphatic heterocycles. The van der Waals surface area contributed by atoms with Crippen LogP contribution < -0.4 is 10.5 Å². The van der Waals surface area contributed by atoms with Gasteiger partial charge in [-0.1, -0.05) is 11.6 Å². The summed E-state index contributed by atoms with van der Waals surface area (Å²) in [4.78, 5) is 0. The smallest absolute Gasteiger partial charge is 0.411 e. The molecule has 1 atom stereocenters. The van der Waals surface area contributed by atoms with Crippen molar-refractivity contribution < 1.29 is 22.6 Å². The maximum atomic E-state index is 11.9. The molecule has 0 spiro atoms. The van der Waals surface area contributed by atoms with Gasteiger partial charge in [0.15, 0.2) is 0 Å². The molecule has 0 aliphatic carbocycles. The summed E-state index contributed by atoms with van der Waals surface area (Å²) in [6, 6.07) is 3.36. The lowest BCUT2D eigenvalue weighted by Crippen LogP contribution is -2.26. The first kappa shape index (κ1) is 16.4. The third kappa shape index (κ3) is 5.05. The summed E-state index contributed by atoms with van der Waals surface area (Å²) in [6.45, 7) is -0.647.